The Kier molecular flexibility index (Phi) is 9.71. The lowest BCUT2D eigenvalue weighted by Gasteiger charge is -2.43. The van der Waals surface area contributed by atoms with E-state index in [1.165, 1.54) is 54.5 Å². The maximum absolute atomic E-state index is 6.45. The van der Waals surface area contributed by atoms with E-state index in [2.05, 4.69) is 94.7 Å². The first-order valence-corrected chi connectivity index (χ1v) is 46.5. The fourth-order valence-electron chi connectivity index (χ4n) is 34.8. The first-order chi connectivity index (χ1) is 59.4. The number of aryl methyl sites for hydroxylation is 5. The monoisotopic (exact) mass is 1540 g/mol. The molecule has 0 radical (unpaired) electrons. The Labute approximate surface area is 686 Å². The molecule has 120 heavy (non-hydrogen) atoms. The van der Waals surface area contributed by atoms with Gasteiger partial charge < -0.3 is 23.7 Å². The molecule has 2 saturated heterocycles. The second-order valence-corrected chi connectivity index (χ2v) is 41.7. The summed E-state index contributed by atoms with van der Waals surface area (Å²) in [7, 11) is 1.79. The van der Waals surface area contributed by atoms with Crippen LogP contribution in [0.25, 0.3) is 228 Å². The summed E-state index contributed by atoms with van der Waals surface area (Å²) in [6.45, 7) is 12.3. The Morgan fingerprint density at radius 2 is 0.825 bits per heavy atom. The van der Waals surface area contributed by atoms with Gasteiger partial charge in [-0.2, -0.15) is 0 Å². The number of methoxy groups -OCH3 is 1. The summed E-state index contributed by atoms with van der Waals surface area (Å²) >= 11 is 0. The van der Waals surface area contributed by atoms with Gasteiger partial charge in [-0.15, -0.1) is 0 Å². The summed E-state index contributed by atoms with van der Waals surface area (Å²) in [5.74, 6) is 1.94. The van der Waals surface area contributed by atoms with E-state index in [0.29, 0.717) is 75.4 Å². The van der Waals surface area contributed by atoms with Crippen LogP contribution in [0.4, 0.5) is 0 Å². The number of ether oxygens (including phenoxy) is 5. The highest BCUT2D eigenvalue weighted by Gasteiger charge is 2.65. The lowest BCUT2D eigenvalue weighted by molar-refractivity contribution is 0.0112. The predicted octanol–water partition coefficient (Wildman–Crippen LogP) is 17.4. The molecule has 8 unspecified atom stereocenters. The van der Waals surface area contributed by atoms with E-state index in [-0.39, 0.29) is 10.8 Å². The van der Waals surface area contributed by atoms with Crippen LogP contribution in [0.2, 0.25) is 0 Å². The van der Waals surface area contributed by atoms with Crippen molar-refractivity contribution in [3.05, 3.63) is 193 Å². The lowest BCUT2D eigenvalue weighted by atomic mass is 9.60. The molecule has 0 N–H and O–H groups in total. The first kappa shape index (κ1) is 61.2. The number of nitrogens with zero attached hydrogens (tertiary/aromatic N) is 2. The van der Waals surface area contributed by atoms with Crippen LogP contribution >= 0.6 is 0 Å². The van der Waals surface area contributed by atoms with Crippen LogP contribution < -0.4 is 31.3 Å². The third-order valence-electron chi connectivity index (χ3n) is 38.0. The summed E-state index contributed by atoms with van der Waals surface area (Å²) in [4.78, 5) is 5.88. The average Bonchev–Trinajstić information content (AvgIpc) is 1.44. The molecule has 2 aliphatic heterocycles. The molecule has 0 aromatic heterocycles. The van der Waals surface area contributed by atoms with Crippen LogP contribution in [-0.2, 0) is 105 Å². The van der Waals surface area contributed by atoms with Crippen molar-refractivity contribution in [2.24, 2.45) is 11.8 Å². The zero-order valence-corrected chi connectivity index (χ0v) is 67.6. The van der Waals surface area contributed by atoms with Crippen LogP contribution in [0.1, 0.15) is 133 Å². The van der Waals surface area contributed by atoms with Crippen LogP contribution in [-0.4, -0.2) is 109 Å². The van der Waals surface area contributed by atoms with Gasteiger partial charge in [0, 0.05) is 86.5 Å². The van der Waals surface area contributed by atoms with Crippen molar-refractivity contribution in [3.8, 4) is 0 Å². The van der Waals surface area contributed by atoms with E-state index < -0.39 is 0 Å². The van der Waals surface area contributed by atoms with E-state index >= 15 is 0 Å². The summed E-state index contributed by atoms with van der Waals surface area (Å²) in [6, 6.07) is 32.2. The molecule has 14 aliphatic carbocycles. The van der Waals surface area contributed by atoms with Gasteiger partial charge in [0.15, 0.2) is 0 Å². The van der Waals surface area contributed by atoms with Gasteiger partial charge in [0.05, 0.1) is 52.9 Å². The topological polar surface area (TPSA) is 52.6 Å². The van der Waals surface area contributed by atoms with Crippen molar-refractivity contribution < 1.29 is 23.7 Å². The molecular formula is C113H80N2O5. The molecule has 22 aromatic carbocycles. The van der Waals surface area contributed by atoms with E-state index in [0.717, 1.165) is 97.4 Å². The first-order valence-electron chi connectivity index (χ1n) is 46.5. The molecule has 7 heteroatoms. The van der Waals surface area contributed by atoms with Crippen molar-refractivity contribution in [2.75, 3.05) is 92.8 Å². The second kappa shape index (κ2) is 19.0. The molecule has 0 saturated carbocycles. The SMILES string of the molecule is CCOCCOCCOCCN1CC2C3=c4c5c6c7c(cc8cc9c%10c%11c%12c%13c(cc%14c%15c(c4c4c5c5c7c8c%10c5c%12c4c%15%13)=C(C3)C%14)=CC%11C9)CC62C1c1ccc2c(c1)CC2.COCCOCCN1CC2C3=c4c5c6c7c(cc8cc9c%10c%11c%12c%13c(cc%14c%15c(c4c4c5c5c7c8c%10c5c%12c4c%15%13)=C(C3)C%14)=CC%11C9)CC62C1CCc1ccc2c(c1)CC2. The van der Waals surface area contributed by atoms with Gasteiger partial charge in [0.1, 0.15) is 0 Å². The molecule has 2 spiro atoms. The Morgan fingerprint density at radius 1 is 0.358 bits per heavy atom. The standard InChI is InChI=1S/C57H41NO3.C56H39NO2/c1-2-59-9-10-61-12-11-60-8-7-58-22-34-33-20-31-18-28-16-29-15-26-14-27-17-30-19-32-21-57(34,56(58)25-6-4-23-3-5-24(23)13-25)55-41(32)46-40(30)45-36(27)35(26)43-39(29)44-37(28)38(31)47-42(33)54(55)53-51(46)49(45)48(43)50(44)52(47)53;1-58-10-11-59-9-8-57-21-33-32-19-30-17-27-15-28-14-25-13-26-16-29-18-31-20-56(33,34(57)7-3-22-2-4-23-5-6-24(23)12-22)55-41(31)46-40(29)45-36(26)35(25)43-39(28)44-37(27)38(30)47-42(32)54(55)53-51(46)49(45)48(43)50(44)52(47)53/h4,6,13,15-17,19,26,34,56H,2-3,5,7-12,14,18,20-22H2,1H3;2,4,12,14-16,18,25,33-34H,3,5-11,13,17,19-21H2,1H3. The molecule has 572 valence electrons. The predicted molar refractivity (Wildman–Crippen MR) is 488 cm³/mol. The maximum atomic E-state index is 6.45. The Bertz CT molecular complexity index is 9300. The van der Waals surface area contributed by atoms with Crippen LogP contribution in [0.3, 0.4) is 0 Å². The Hall–Kier alpha value is -10.2. The van der Waals surface area contributed by atoms with Gasteiger partial charge in [-0.25, -0.2) is 0 Å². The van der Waals surface area contributed by atoms with Crippen molar-refractivity contribution in [2.45, 2.75) is 132 Å². The van der Waals surface area contributed by atoms with Gasteiger partial charge in [-0.1, -0.05) is 107 Å². The third-order valence-corrected chi connectivity index (χ3v) is 38.0. The largest absolute Gasteiger partial charge is 0.382 e. The molecular weight excluding hydrogens is 1470 g/mol. The lowest BCUT2D eigenvalue weighted by Crippen LogP contribution is -2.48. The third kappa shape index (κ3) is 5.85. The molecule has 16 aliphatic rings. The van der Waals surface area contributed by atoms with Crippen molar-refractivity contribution >= 4 is 228 Å². The normalized spacial score (nSPS) is 25.1. The minimum Gasteiger partial charge on any atom is -0.382 e. The minimum absolute atomic E-state index is 0.0299. The summed E-state index contributed by atoms with van der Waals surface area (Å²) in [5.41, 5.74) is 33.2. The van der Waals surface area contributed by atoms with Gasteiger partial charge in [0.2, 0.25) is 0 Å². The zero-order chi connectivity index (χ0) is 75.9. The molecule has 2 heterocycles. The molecule has 0 bridgehead atoms. The molecule has 38 rings (SSSR count). The number of fused-ring (bicyclic) bond motifs is 4. The highest BCUT2D eigenvalue weighted by Crippen LogP contribution is 2.74. The van der Waals surface area contributed by atoms with E-state index in [9.17, 15) is 0 Å². The molecule has 22 aromatic rings. The van der Waals surface area contributed by atoms with Crippen molar-refractivity contribution in [1.82, 2.24) is 9.80 Å². The fraction of sp³-hybridized carbons (Fsp3) is 0.327. The van der Waals surface area contributed by atoms with Crippen molar-refractivity contribution in [3.63, 3.8) is 0 Å². The number of rotatable bonds is 20. The average molecular weight is 1550 g/mol. The van der Waals surface area contributed by atoms with Gasteiger partial charge in [0.25, 0.3) is 0 Å². The maximum Gasteiger partial charge on any atom is 0.0701 e. The van der Waals surface area contributed by atoms with Crippen LogP contribution in [0, 0.1) is 11.8 Å². The smallest absolute Gasteiger partial charge is 0.0701 e. The zero-order valence-electron chi connectivity index (χ0n) is 67.6. The summed E-state index contributed by atoms with van der Waals surface area (Å²) in [5, 5.41) is 69.1. The van der Waals surface area contributed by atoms with Gasteiger partial charge in [-0.3, -0.25) is 9.80 Å². The van der Waals surface area contributed by atoms with E-state index in [1.54, 1.807) is 322 Å². The quantitative estimate of drug-likeness (QED) is 0.0557. The molecule has 0 amide bonds. The van der Waals surface area contributed by atoms with Crippen LogP contribution in [0.15, 0.2) is 72.8 Å². The second-order valence-electron chi connectivity index (χ2n) is 41.7. The van der Waals surface area contributed by atoms with Crippen LogP contribution in [0.5, 0.6) is 0 Å². The minimum atomic E-state index is -0.0299. The van der Waals surface area contributed by atoms with Gasteiger partial charge >= 0.3 is 0 Å². The highest BCUT2D eigenvalue weighted by molar-refractivity contribution is 6.62. The Morgan fingerprint density at radius 3 is 1.39 bits per heavy atom. The number of benzene rings is 16. The van der Waals surface area contributed by atoms with Crippen molar-refractivity contribution in [1.29, 1.82) is 0 Å². The molecule has 2 fully saturated rings. The Balaban J connectivity index is 0.000000107. The number of hydrogen-bond donors (Lipinski definition) is 0. The van der Waals surface area contributed by atoms with E-state index in [1.807, 2.05) is 12.5 Å². The summed E-state index contributed by atoms with van der Waals surface area (Å²) < 4.78 is 29.6. The number of hydrogen-bond acceptors (Lipinski definition) is 7. The highest BCUT2D eigenvalue weighted by atomic mass is 16.5. The van der Waals surface area contributed by atoms with E-state index in [4.69, 9.17) is 23.7 Å². The van der Waals surface area contributed by atoms with Gasteiger partial charge in [-0.05, 0) is 411 Å². The summed E-state index contributed by atoms with van der Waals surface area (Å²) in [6.07, 6.45) is 21.9. The molecule has 8 atom stereocenters. The number of likely N-dealkylation sites (tertiary alicyclic amines) is 2. The fourth-order valence-corrected chi connectivity index (χ4v) is 34.8. The molecule has 7 nitrogen and oxygen atoms in total.